The normalized spacial score (nSPS) is 22.5. The van der Waals surface area contributed by atoms with E-state index in [1.807, 2.05) is 24.3 Å². The van der Waals surface area contributed by atoms with Gasteiger partial charge in [-0.05, 0) is 30.2 Å². The second-order valence-electron chi connectivity index (χ2n) is 8.32. The van der Waals surface area contributed by atoms with E-state index in [0.717, 1.165) is 56.6 Å². The lowest BCUT2D eigenvalue weighted by molar-refractivity contribution is -0.0502. The van der Waals surface area contributed by atoms with Crippen LogP contribution in [0.5, 0.6) is 5.75 Å². The summed E-state index contributed by atoms with van der Waals surface area (Å²) < 4.78 is 11.3. The van der Waals surface area contributed by atoms with Crippen molar-refractivity contribution in [2.45, 2.75) is 31.7 Å². The van der Waals surface area contributed by atoms with Gasteiger partial charge in [-0.3, -0.25) is 9.89 Å². The molecule has 172 valence electrons. The first-order valence-electron chi connectivity index (χ1n) is 11.4. The number of methoxy groups -OCH3 is 1. The predicted octanol–water partition coefficient (Wildman–Crippen LogP) is 2.28. The van der Waals surface area contributed by atoms with Crippen molar-refractivity contribution >= 4 is 5.96 Å². The summed E-state index contributed by atoms with van der Waals surface area (Å²) >= 11 is 0. The number of morpholine rings is 1. The van der Waals surface area contributed by atoms with Crippen LogP contribution >= 0.6 is 0 Å². The summed E-state index contributed by atoms with van der Waals surface area (Å²) in [6, 6.07) is 18.4. The molecule has 3 unspecified atom stereocenters. The molecule has 2 aromatic rings. The van der Waals surface area contributed by atoms with Gasteiger partial charge in [0.25, 0.3) is 0 Å². The SMILES string of the molecule is CCNC(=NCC(O)c1ccc(OC)cc1)N1CC2OCCN(Cc3ccccc3)C2C1. The Kier molecular flexibility index (Phi) is 7.63. The Hall–Kier alpha value is -2.61. The molecule has 0 aliphatic carbocycles. The number of aliphatic hydroxyl groups excluding tert-OH is 1. The minimum atomic E-state index is -0.662. The molecule has 2 saturated heterocycles. The van der Waals surface area contributed by atoms with Crippen molar-refractivity contribution in [1.29, 1.82) is 0 Å². The van der Waals surface area contributed by atoms with Gasteiger partial charge in [0.2, 0.25) is 0 Å². The van der Waals surface area contributed by atoms with Crippen LogP contribution in [0.25, 0.3) is 0 Å². The van der Waals surface area contributed by atoms with Crippen molar-refractivity contribution in [2.75, 3.05) is 46.4 Å². The van der Waals surface area contributed by atoms with Crippen LogP contribution in [0.2, 0.25) is 0 Å². The maximum absolute atomic E-state index is 10.6. The van der Waals surface area contributed by atoms with Gasteiger partial charge in [0.05, 0.1) is 38.5 Å². The number of nitrogens with zero attached hydrogens (tertiary/aromatic N) is 3. The van der Waals surface area contributed by atoms with Crippen LogP contribution in [-0.2, 0) is 11.3 Å². The lowest BCUT2D eigenvalue weighted by atomic mass is 10.1. The Morgan fingerprint density at radius 1 is 1.19 bits per heavy atom. The molecule has 32 heavy (non-hydrogen) atoms. The highest BCUT2D eigenvalue weighted by molar-refractivity contribution is 5.80. The van der Waals surface area contributed by atoms with E-state index in [2.05, 4.69) is 52.4 Å². The first kappa shape index (κ1) is 22.6. The zero-order valence-electron chi connectivity index (χ0n) is 19.0. The number of rotatable bonds is 7. The van der Waals surface area contributed by atoms with E-state index in [1.165, 1.54) is 5.56 Å². The van der Waals surface area contributed by atoms with E-state index in [0.29, 0.717) is 12.6 Å². The second-order valence-corrected chi connectivity index (χ2v) is 8.32. The Balaban J connectivity index is 1.41. The Morgan fingerprint density at radius 2 is 1.97 bits per heavy atom. The van der Waals surface area contributed by atoms with Gasteiger partial charge in [-0.2, -0.15) is 0 Å². The molecule has 2 heterocycles. The molecule has 2 aromatic carbocycles. The number of aliphatic imine (C=N–C) groups is 1. The van der Waals surface area contributed by atoms with Crippen LogP contribution in [0.1, 0.15) is 24.2 Å². The number of hydrogen-bond acceptors (Lipinski definition) is 5. The fourth-order valence-corrected chi connectivity index (χ4v) is 4.48. The Labute approximate surface area is 190 Å². The lowest BCUT2D eigenvalue weighted by Crippen LogP contribution is -2.50. The molecule has 7 heteroatoms. The minimum Gasteiger partial charge on any atom is -0.497 e. The number of guanidine groups is 1. The van der Waals surface area contributed by atoms with Crippen molar-refractivity contribution in [3.05, 3.63) is 65.7 Å². The Bertz CT molecular complexity index is 875. The van der Waals surface area contributed by atoms with Gasteiger partial charge in [0, 0.05) is 32.7 Å². The molecule has 2 N–H and O–H groups in total. The number of aliphatic hydroxyl groups is 1. The molecular weight excluding hydrogens is 404 g/mol. The molecule has 2 aliphatic rings. The molecule has 2 aliphatic heterocycles. The summed E-state index contributed by atoms with van der Waals surface area (Å²) in [5, 5.41) is 14.0. The summed E-state index contributed by atoms with van der Waals surface area (Å²) in [5.41, 5.74) is 2.16. The molecule has 0 aromatic heterocycles. The van der Waals surface area contributed by atoms with E-state index in [4.69, 9.17) is 14.5 Å². The average Bonchev–Trinajstić information content (AvgIpc) is 3.27. The number of hydrogen-bond donors (Lipinski definition) is 2. The maximum Gasteiger partial charge on any atom is 0.194 e. The monoisotopic (exact) mass is 438 g/mol. The van der Waals surface area contributed by atoms with Crippen molar-refractivity contribution in [3.63, 3.8) is 0 Å². The average molecular weight is 439 g/mol. The van der Waals surface area contributed by atoms with Crippen molar-refractivity contribution in [3.8, 4) is 5.75 Å². The highest BCUT2D eigenvalue weighted by atomic mass is 16.5. The van der Waals surface area contributed by atoms with Crippen LogP contribution in [0.3, 0.4) is 0 Å². The van der Waals surface area contributed by atoms with Crippen LogP contribution < -0.4 is 10.1 Å². The van der Waals surface area contributed by atoms with Gasteiger partial charge in [-0.1, -0.05) is 42.5 Å². The first-order valence-corrected chi connectivity index (χ1v) is 11.4. The Morgan fingerprint density at radius 3 is 2.69 bits per heavy atom. The van der Waals surface area contributed by atoms with Gasteiger partial charge in [-0.15, -0.1) is 0 Å². The fraction of sp³-hybridized carbons (Fsp3) is 0.480. The highest BCUT2D eigenvalue weighted by Crippen LogP contribution is 2.25. The van der Waals surface area contributed by atoms with E-state index in [-0.39, 0.29) is 6.10 Å². The van der Waals surface area contributed by atoms with E-state index < -0.39 is 6.10 Å². The fourth-order valence-electron chi connectivity index (χ4n) is 4.48. The quantitative estimate of drug-likeness (QED) is 0.511. The number of fused-ring (bicyclic) bond motifs is 1. The van der Waals surface area contributed by atoms with E-state index in [9.17, 15) is 5.11 Å². The van der Waals surface area contributed by atoms with Gasteiger partial charge in [0.1, 0.15) is 5.75 Å². The molecule has 0 spiro atoms. The smallest absolute Gasteiger partial charge is 0.194 e. The van der Waals surface area contributed by atoms with E-state index in [1.54, 1.807) is 7.11 Å². The van der Waals surface area contributed by atoms with Crippen LogP contribution in [0.15, 0.2) is 59.6 Å². The van der Waals surface area contributed by atoms with Crippen LogP contribution in [0, 0.1) is 0 Å². The van der Waals surface area contributed by atoms with Gasteiger partial charge in [-0.25, -0.2) is 0 Å². The minimum absolute atomic E-state index is 0.169. The highest BCUT2D eigenvalue weighted by Gasteiger charge is 2.41. The summed E-state index contributed by atoms with van der Waals surface area (Å²) in [4.78, 5) is 9.55. The summed E-state index contributed by atoms with van der Waals surface area (Å²) in [5.74, 6) is 1.61. The number of likely N-dealkylation sites (tertiary alicyclic amines) is 1. The molecule has 3 atom stereocenters. The molecule has 2 fully saturated rings. The predicted molar refractivity (Wildman–Crippen MR) is 126 cm³/mol. The second kappa shape index (κ2) is 10.8. The molecule has 0 saturated carbocycles. The number of nitrogens with one attached hydrogen (secondary N) is 1. The maximum atomic E-state index is 10.6. The summed E-state index contributed by atoms with van der Waals surface area (Å²) in [6.45, 7) is 7.44. The third-order valence-electron chi connectivity index (χ3n) is 6.19. The number of ether oxygens (including phenoxy) is 2. The summed E-state index contributed by atoms with van der Waals surface area (Å²) in [6.07, 6.45) is -0.492. The molecule has 4 rings (SSSR count). The lowest BCUT2D eigenvalue weighted by Gasteiger charge is -2.36. The molecule has 0 amide bonds. The largest absolute Gasteiger partial charge is 0.497 e. The number of benzene rings is 2. The van der Waals surface area contributed by atoms with Crippen LogP contribution in [0.4, 0.5) is 0 Å². The van der Waals surface area contributed by atoms with Crippen LogP contribution in [-0.4, -0.2) is 79.5 Å². The van der Waals surface area contributed by atoms with Gasteiger partial charge >= 0.3 is 0 Å². The zero-order valence-corrected chi connectivity index (χ0v) is 19.0. The molecule has 7 nitrogen and oxygen atoms in total. The third kappa shape index (κ3) is 5.41. The third-order valence-corrected chi connectivity index (χ3v) is 6.19. The van der Waals surface area contributed by atoms with Gasteiger partial charge < -0.3 is 24.8 Å². The van der Waals surface area contributed by atoms with Crippen molar-refractivity contribution in [1.82, 2.24) is 15.1 Å². The molecular formula is C25H34N4O3. The molecule has 0 bridgehead atoms. The standard InChI is InChI=1S/C25H34N4O3/c1-3-26-25(27-15-23(30)20-9-11-21(31-2)12-10-20)29-17-22-24(18-29)32-14-13-28(22)16-19-7-5-4-6-8-19/h4-12,22-24,30H,3,13-18H2,1-2H3,(H,26,27). The molecule has 0 radical (unpaired) electrons. The van der Waals surface area contributed by atoms with Gasteiger partial charge in [0.15, 0.2) is 5.96 Å². The van der Waals surface area contributed by atoms with E-state index >= 15 is 0 Å². The van der Waals surface area contributed by atoms with Crippen molar-refractivity contribution in [2.24, 2.45) is 4.99 Å². The zero-order chi connectivity index (χ0) is 22.3. The topological polar surface area (TPSA) is 69.6 Å². The van der Waals surface area contributed by atoms with Crippen molar-refractivity contribution < 1.29 is 14.6 Å². The summed E-state index contributed by atoms with van der Waals surface area (Å²) in [7, 11) is 1.64. The first-order chi connectivity index (χ1) is 15.7.